The van der Waals surface area contributed by atoms with Gasteiger partial charge in [0, 0.05) is 12.4 Å². The van der Waals surface area contributed by atoms with Gasteiger partial charge < -0.3 is 9.30 Å². The van der Waals surface area contributed by atoms with Gasteiger partial charge in [0.25, 0.3) is 0 Å². The molecule has 0 unspecified atom stereocenters. The molecule has 1 aliphatic carbocycles. The number of allylic oxidation sites excluding steroid dienone is 5. The van der Waals surface area contributed by atoms with Crippen molar-refractivity contribution >= 4 is 17.4 Å². The first-order chi connectivity index (χ1) is 9.20. The number of hydrogen-bond acceptors (Lipinski definition) is 3. The van der Waals surface area contributed by atoms with Gasteiger partial charge in [0.05, 0.1) is 24.4 Å². The summed E-state index contributed by atoms with van der Waals surface area (Å²) in [6.07, 6.45) is 7.95. The van der Waals surface area contributed by atoms with Crippen molar-refractivity contribution in [3.05, 3.63) is 54.3 Å². The second-order valence-corrected chi connectivity index (χ2v) is 4.21. The first-order valence-electron chi connectivity index (χ1n) is 5.80. The minimum Gasteiger partial charge on any atom is -0.464 e. The molecular formula is C14H11FN2O2. The minimum absolute atomic E-state index is 0.217. The molecule has 0 fully saturated rings. The number of esters is 1. The van der Waals surface area contributed by atoms with Gasteiger partial charge in [0.15, 0.2) is 5.70 Å². The summed E-state index contributed by atoms with van der Waals surface area (Å²) in [5, 5.41) is 0. The SMILES string of the molecule is COC(=O)C1=C(n2cccc2)[C@H]2C=C(F)C=CC2=N1. The highest BCUT2D eigenvalue weighted by atomic mass is 19.1. The summed E-state index contributed by atoms with van der Waals surface area (Å²) in [5.41, 5.74) is 1.48. The van der Waals surface area contributed by atoms with E-state index in [4.69, 9.17) is 4.74 Å². The molecule has 0 radical (unpaired) electrons. The van der Waals surface area contributed by atoms with Crippen LogP contribution in [0.2, 0.25) is 0 Å². The fourth-order valence-electron chi connectivity index (χ4n) is 2.25. The van der Waals surface area contributed by atoms with Crippen molar-refractivity contribution in [3.8, 4) is 0 Å². The van der Waals surface area contributed by atoms with Crippen LogP contribution in [0.5, 0.6) is 0 Å². The molecule has 0 amide bonds. The highest BCUT2D eigenvalue weighted by molar-refractivity contribution is 6.14. The lowest BCUT2D eigenvalue weighted by molar-refractivity contribution is -0.136. The Labute approximate surface area is 109 Å². The van der Waals surface area contributed by atoms with E-state index in [-0.39, 0.29) is 17.4 Å². The van der Waals surface area contributed by atoms with Gasteiger partial charge >= 0.3 is 5.97 Å². The van der Waals surface area contributed by atoms with Gasteiger partial charge in [-0.2, -0.15) is 0 Å². The lowest BCUT2D eigenvalue weighted by Crippen LogP contribution is -2.15. The van der Waals surface area contributed by atoms with Gasteiger partial charge in [0.2, 0.25) is 0 Å². The zero-order valence-corrected chi connectivity index (χ0v) is 10.2. The maximum atomic E-state index is 13.4. The van der Waals surface area contributed by atoms with Crippen LogP contribution in [0.4, 0.5) is 4.39 Å². The third-order valence-corrected chi connectivity index (χ3v) is 3.10. The van der Waals surface area contributed by atoms with Crippen molar-refractivity contribution in [1.29, 1.82) is 0 Å². The maximum Gasteiger partial charge on any atom is 0.358 e. The summed E-state index contributed by atoms with van der Waals surface area (Å²) < 4.78 is 19.9. The predicted molar refractivity (Wildman–Crippen MR) is 68.9 cm³/mol. The lowest BCUT2D eigenvalue weighted by Gasteiger charge is -2.15. The quantitative estimate of drug-likeness (QED) is 0.764. The van der Waals surface area contributed by atoms with Crippen molar-refractivity contribution in [2.45, 2.75) is 0 Å². The van der Waals surface area contributed by atoms with Gasteiger partial charge in [0.1, 0.15) is 5.83 Å². The molecule has 1 aromatic heterocycles. The van der Waals surface area contributed by atoms with E-state index in [1.165, 1.54) is 19.3 Å². The van der Waals surface area contributed by atoms with E-state index < -0.39 is 5.97 Å². The van der Waals surface area contributed by atoms with Crippen LogP contribution in [0, 0.1) is 5.92 Å². The Morgan fingerprint density at radius 1 is 1.37 bits per heavy atom. The number of fused-ring (bicyclic) bond motifs is 1. The number of nitrogens with zero attached hydrogens (tertiary/aromatic N) is 2. The van der Waals surface area contributed by atoms with Gasteiger partial charge in [-0.05, 0) is 30.4 Å². The Morgan fingerprint density at radius 2 is 2.11 bits per heavy atom. The molecule has 1 aliphatic heterocycles. The topological polar surface area (TPSA) is 43.6 Å². The monoisotopic (exact) mass is 258 g/mol. The molecule has 4 nitrogen and oxygen atoms in total. The van der Waals surface area contributed by atoms with E-state index in [1.807, 2.05) is 12.1 Å². The zero-order valence-electron chi connectivity index (χ0n) is 10.2. The van der Waals surface area contributed by atoms with E-state index in [9.17, 15) is 9.18 Å². The van der Waals surface area contributed by atoms with E-state index >= 15 is 0 Å². The number of carbonyl (C=O) groups is 1. The van der Waals surface area contributed by atoms with Crippen LogP contribution in [0.1, 0.15) is 0 Å². The Balaban J connectivity index is 2.15. The first-order valence-corrected chi connectivity index (χ1v) is 5.80. The van der Waals surface area contributed by atoms with E-state index in [0.717, 1.165) is 0 Å². The maximum absolute atomic E-state index is 13.4. The molecule has 0 bridgehead atoms. The van der Waals surface area contributed by atoms with Crippen molar-refractivity contribution in [2.24, 2.45) is 10.9 Å². The van der Waals surface area contributed by atoms with E-state index in [0.29, 0.717) is 11.4 Å². The molecular weight excluding hydrogens is 247 g/mol. The highest BCUT2D eigenvalue weighted by Crippen LogP contribution is 2.35. The van der Waals surface area contributed by atoms with Crippen molar-refractivity contribution in [2.75, 3.05) is 7.11 Å². The molecule has 0 saturated carbocycles. The largest absolute Gasteiger partial charge is 0.464 e. The molecule has 0 N–H and O–H groups in total. The van der Waals surface area contributed by atoms with Crippen LogP contribution in [0.25, 0.3) is 5.70 Å². The number of carbonyl (C=O) groups excluding carboxylic acids is 1. The van der Waals surface area contributed by atoms with E-state index in [2.05, 4.69) is 4.99 Å². The third kappa shape index (κ3) is 1.83. The van der Waals surface area contributed by atoms with Crippen molar-refractivity contribution in [1.82, 2.24) is 4.57 Å². The van der Waals surface area contributed by atoms with Crippen molar-refractivity contribution in [3.63, 3.8) is 0 Å². The minimum atomic E-state index is -0.521. The molecule has 96 valence electrons. The first kappa shape index (κ1) is 11.6. The number of rotatable bonds is 2. The summed E-state index contributed by atoms with van der Waals surface area (Å²) >= 11 is 0. The average molecular weight is 258 g/mol. The van der Waals surface area contributed by atoms with Crippen LogP contribution < -0.4 is 0 Å². The van der Waals surface area contributed by atoms with Gasteiger partial charge in [-0.1, -0.05) is 0 Å². The normalized spacial score (nSPS) is 21.1. The summed E-state index contributed by atoms with van der Waals surface area (Å²) in [7, 11) is 1.30. The molecule has 0 spiro atoms. The summed E-state index contributed by atoms with van der Waals surface area (Å²) in [6, 6.07) is 3.66. The number of methoxy groups -OCH3 is 1. The average Bonchev–Trinajstić information content (AvgIpc) is 3.03. The number of hydrogen-bond donors (Lipinski definition) is 0. The van der Waals surface area contributed by atoms with Gasteiger partial charge in [-0.25, -0.2) is 14.2 Å². The molecule has 19 heavy (non-hydrogen) atoms. The summed E-state index contributed by atoms with van der Waals surface area (Å²) in [6.45, 7) is 0. The molecule has 2 aliphatic rings. The zero-order chi connectivity index (χ0) is 13.4. The second kappa shape index (κ2) is 4.35. The molecule has 0 aromatic carbocycles. The Hall–Kier alpha value is -2.43. The number of ether oxygens (including phenoxy) is 1. The van der Waals surface area contributed by atoms with Crippen LogP contribution in [0.15, 0.2) is 59.3 Å². The van der Waals surface area contributed by atoms with Gasteiger partial charge in [-0.3, -0.25) is 0 Å². The van der Waals surface area contributed by atoms with Crippen molar-refractivity contribution < 1.29 is 13.9 Å². The molecule has 1 aromatic rings. The summed E-state index contributed by atoms with van der Waals surface area (Å²) in [4.78, 5) is 16.1. The smallest absolute Gasteiger partial charge is 0.358 e. The molecule has 2 heterocycles. The number of aliphatic imine (C=N–C) groups is 1. The van der Waals surface area contributed by atoms with Crippen LogP contribution in [0.3, 0.4) is 0 Å². The molecule has 0 saturated heterocycles. The van der Waals surface area contributed by atoms with Crippen LogP contribution >= 0.6 is 0 Å². The van der Waals surface area contributed by atoms with Gasteiger partial charge in [-0.15, -0.1) is 0 Å². The molecule has 1 atom stereocenters. The predicted octanol–water partition coefficient (Wildman–Crippen LogP) is 2.32. The fourth-order valence-corrected chi connectivity index (χ4v) is 2.25. The third-order valence-electron chi connectivity index (χ3n) is 3.10. The van der Waals surface area contributed by atoms with Crippen LogP contribution in [-0.2, 0) is 9.53 Å². The number of halogens is 1. The Kier molecular flexibility index (Phi) is 2.67. The Bertz CT molecular complexity index is 651. The standard InChI is InChI=1S/C14H11FN2O2/c1-19-14(18)12-13(17-6-2-3-7-17)10-8-9(15)4-5-11(10)16-12/h2-8,10H,1H3/t10-/m0/s1. The fraction of sp³-hybridized carbons (Fsp3) is 0.143. The highest BCUT2D eigenvalue weighted by Gasteiger charge is 2.33. The molecule has 5 heteroatoms. The Morgan fingerprint density at radius 3 is 2.79 bits per heavy atom. The molecule has 3 rings (SSSR count). The second-order valence-electron chi connectivity index (χ2n) is 4.21. The summed E-state index contributed by atoms with van der Waals surface area (Å²) in [5.74, 6) is -1.21. The number of aromatic nitrogens is 1. The van der Waals surface area contributed by atoms with E-state index in [1.54, 1.807) is 23.0 Å². The lowest BCUT2D eigenvalue weighted by atomic mass is 9.95. The van der Waals surface area contributed by atoms with Crippen LogP contribution in [-0.4, -0.2) is 23.4 Å².